The van der Waals surface area contributed by atoms with Gasteiger partial charge in [0.15, 0.2) is 0 Å². The highest BCUT2D eigenvalue weighted by atomic mass is 32.1. The van der Waals surface area contributed by atoms with Crippen molar-refractivity contribution in [3.05, 3.63) is 53.6 Å². The highest BCUT2D eigenvalue weighted by Gasteiger charge is 2.08. The lowest BCUT2D eigenvalue weighted by Crippen LogP contribution is -2.11. The van der Waals surface area contributed by atoms with Crippen LogP contribution >= 0.6 is 11.7 Å². The summed E-state index contributed by atoms with van der Waals surface area (Å²) in [5.41, 5.74) is 2.94. The SMILES string of the molecule is CCn1cc(NC(=O)c2ccc(OCc3nsnc3C)cc2)cn1. The lowest BCUT2D eigenvalue weighted by Gasteiger charge is -2.06. The van der Waals surface area contributed by atoms with Crippen molar-refractivity contribution in [1.29, 1.82) is 0 Å². The van der Waals surface area contributed by atoms with Gasteiger partial charge >= 0.3 is 0 Å². The number of hydrogen-bond donors (Lipinski definition) is 1. The molecule has 1 N–H and O–H groups in total. The summed E-state index contributed by atoms with van der Waals surface area (Å²) in [6.07, 6.45) is 3.42. The maximum atomic E-state index is 12.2. The van der Waals surface area contributed by atoms with E-state index in [1.54, 1.807) is 41.3 Å². The molecule has 7 nitrogen and oxygen atoms in total. The molecule has 0 saturated carbocycles. The van der Waals surface area contributed by atoms with Crippen molar-refractivity contribution < 1.29 is 9.53 Å². The predicted molar refractivity (Wildman–Crippen MR) is 91.3 cm³/mol. The highest BCUT2D eigenvalue weighted by molar-refractivity contribution is 6.99. The number of hydrogen-bond acceptors (Lipinski definition) is 6. The van der Waals surface area contributed by atoms with E-state index < -0.39 is 0 Å². The monoisotopic (exact) mass is 343 g/mol. The molecule has 0 spiro atoms. The first-order valence-electron chi connectivity index (χ1n) is 7.50. The van der Waals surface area contributed by atoms with E-state index in [-0.39, 0.29) is 5.91 Å². The third-order valence-electron chi connectivity index (χ3n) is 3.45. The molecule has 8 heteroatoms. The molecule has 1 aromatic carbocycles. The van der Waals surface area contributed by atoms with Crippen molar-refractivity contribution in [2.75, 3.05) is 5.32 Å². The van der Waals surface area contributed by atoms with E-state index in [1.165, 1.54) is 11.7 Å². The number of rotatable bonds is 6. The van der Waals surface area contributed by atoms with Gasteiger partial charge in [-0.2, -0.15) is 13.8 Å². The summed E-state index contributed by atoms with van der Waals surface area (Å²) in [6, 6.07) is 6.97. The summed E-state index contributed by atoms with van der Waals surface area (Å²) < 4.78 is 15.7. The number of anilines is 1. The summed E-state index contributed by atoms with van der Waals surface area (Å²) in [5.74, 6) is 0.495. The van der Waals surface area contributed by atoms with E-state index in [1.807, 2.05) is 13.8 Å². The lowest BCUT2D eigenvalue weighted by molar-refractivity contribution is 0.102. The first-order valence-corrected chi connectivity index (χ1v) is 8.23. The molecular weight excluding hydrogens is 326 g/mol. The second-order valence-electron chi connectivity index (χ2n) is 5.15. The van der Waals surface area contributed by atoms with Gasteiger partial charge < -0.3 is 10.1 Å². The Morgan fingerprint density at radius 2 is 2.08 bits per heavy atom. The molecular formula is C16H17N5O2S. The molecule has 0 atom stereocenters. The molecule has 2 aromatic heterocycles. The average Bonchev–Trinajstić information content (AvgIpc) is 3.22. The van der Waals surface area contributed by atoms with Crippen LogP contribution in [0.1, 0.15) is 28.7 Å². The summed E-state index contributed by atoms with van der Waals surface area (Å²) >= 11 is 1.17. The van der Waals surface area contributed by atoms with Crippen LogP contribution in [0.3, 0.4) is 0 Å². The van der Waals surface area contributed by atoms with Gasteiger partial charge in [0.05, 0.1) is 29.3 Å². The Bertz CT molecular complexity index is 825. The summed E-state index contributed by atoms with van der Waals surface area (Å²) in [7, 11) is 0. The number of carbonyl (C=O) groups is 1. The fraction of sp³-hybridized carbons (Fsp3) is 0.250. The van der Waals surface area contributed by atoms with Crippen LogP contribution in [0.5, 0.6) is 5.75 Å². The van der Waals surface area contributed by atoms with E-state index in [9.17, 15) is 4.79 Å². The van der Waals surface area contributed by atoms with Gasteiger partial charge in [0, 0.05) is 18.3 Å². The van der Waals surface area contributed by atoms with Crippen molar-refractivity contribution in [2.45, 2.75) is 27.0 Å². The van der Waals surface area contributed by atoms with E-state index in [0.717, 1.165) is 17.9 Å². The number of aryl methyl sites for hydroxylation is 2. The van der Waals surface area contributed by atoms with Crippen LogP contribution in [0.2, 0.25) is 0 Å². The highest BCUT2D eigenvalue weighted by Crippen LogP contribution is 2.16. The van der Waals surface area contributed by atoms with Gasteiger partial charge in [0.1, 0.15) is 18.1 Å². The van der Waals surface area contributed by atoms with Gasteiger partial charge in [-0.15, -0.1) is 0 Å². The molecule has 1 amide bonds. The fourth-order valence-electron chi connectivity index (χ4n) is 2.04. The molecule has 3 rings (SSSR count). The first-order chi connectivity index (χ1) is 11.7. The standard InChI is InChI=1S/C16H17N5O2S/c1-3-21-9-13(8-17-21)18-16(22)12-4-6-14(7-5-12)23-10-15-11(2)19-24-20-15/h4-9H,3,10H2,1-2H3,(H,18,22). The predicted octanol–water partition coefficient (Wildman–Crippen LogP) is 2.89. The Kier molecular flexibility index (Phi) is 4.85. The van der Waals surface area contributed by atoms with Gasteiger partial charge in [0.25, 0.3) is 5.91 Å². The zero-order chi connectivity index (χ0) is 16.9. The Morgan fingerprint density at radius 1 is 1.29 bits per heavy atom. The minimum Gasteiger partial charge on any atom is -0.487 e. The lowest BCUT2D eigenvalue weighted by atomic mass is 10.2. The summed E-state index contributed by atoms with van der Waals surface area (Å²) in [4.78, 5) is 12.2. The molecule has 124 valence electrons. The molecule has 0 fully saturated rings. The summed E-state index contributed by atoms with van der Waals surface area (Å²) in [6.45, 7) is 5.01. The van der Waals surface area contributed by atoms with E-state index >= 15 is 0 Å². The molecule has 0 radical (unpaired) electrons. The number of amides is 1. The van der Waals surface area contributed by atoms with E-state index in [0.29, 0.717) is 23.6 Å². The Labute approximate surface area is 143 Å². The number of ether oxygens (including phenoxy) is 1. The number of nitrogens with zero attached hydrogens (tertiary/aromatic N) is 4. The van der Waals surface area contributed by atoms with Crippen molar-refractivity contribution in [2.24, 2.45) is 0 Å². The van der Waals surface area contributed by atoms with Gasteiger partial charge in [-0.05, 0) is 38.1 Å². The molecule has 0 saturated heterocycles. The first kappa shape index (κ1) is 16.1. The number of benzene rings is 1. The average molecular weight is 343 g/mol. The zero-order valence-corrected chi connectivity index (χ0v) is 14.2. The van der Waals surface area contributed by atoms with Crippen LogP contribution in [-0.2, 0) is 13.2 Å². The molecule has 0 unspecified atom stereocenters. The smallest absolute Gasteiger partial charge is 0.255 e. The minimum atomic E-state index is -0.184. The minimum absolute atomic E-state index is 0.184. The van der Waals surface area contributed by atoms with E-state index in [2.05, 4.69) is 19.2 Å². The van der Waals surface area contributed by atoms with Gasteiger partial charge in [-0.25, -0.2) is 0 Å². The third kappa shape index (κ3) is 3.77. The van der Waals surface area contributed by atoms with E-state index in [4.69, 9.17) is 4.74 Å². The van der Waals surface area contributed by atoms with Crippen molar-refractivity contribution in [1.82, 2.24) is 18.5 Å². The van der Waals surface area contributed by atoms with Crippen molar-refractivity contribution >= 4 is 23.3 Å². The molecule has 0 aliphatic rings. The van der Waals surface area contributed by atoms with Gasteiger partial charge in [-0.1, -0.05) is 0 Å². The fourth-order valence-corrected chi connectivity index (χ4v) is 2.59. The van der Waals surface area contributed by atoms with Crippen LogP contribution in [0.25, 0.3) is 0 Å². The maximum Gasteiger partial charge on any atom is 0.255 e. The largest absolute Gasteiger partial charge is 0.487 e. The Hall–Kier alpha value is -2.74. The van der Waals surface area contributed by atoms with Crippen LogP contribution in [0, 0.1) is 6.92 Å². The second-order valence-corrected chi connectivity index (χ2v) is 5.68. The molecule has 0 bridgehead atoms. The molecule has 2 heterocycles. The van der Waals surface area contributed by atoms with Crippen LogP contribution in [-0.4, -0.2) is 24.4 Å². The van der Waals surface area contributed by atoms with Crippen LogP contribution < -0.4 is 10.1 Å². The number of carbonyl (C=O) groups excluding carboxylic acids is 1. The van der Waals surface area contributed by atoms with Crippen LogP contribution in [0.4, 0.5) is 5.69 Å². The number of nitrogens with one attached hydrogen (secondary N) is 1. The quantitative estimate of drug-likeness (QED) is 0.744. The summed E-state index contributed by atoms with van der Waals surface area (Å²) in [5, 5.41) is 6.94. The topological polar surface area (TPSA) is 81.9 Å². The van der Waals surface area contributed by atoms with Gasteiger partial charge in [-0.3, -0.25) is 9.48 Å². The second kappa shape index (κ2) is 7.22. The van der Waals surface area contributed by atoms with Crippen molar-refractivity contribution in [3.8, 4) is 5.75 Å². The normalized spacial score (nSPS) is 10.6. The number of aromatic nitrogens is 4. The zero-order valence-electron chi connectivity index (χ0n) is 13.4. The van der Waals surface area contributed by atoms with Crippen LogP contribution in [0.15, 0.2) is 36.7 Å². The third-order valence-corrected chi connectivity index (χ3v) is 4.11. The Morgan fingerprint density at radius 3 is 2.71 bits per heavy atom. The molecule has 3 aromatic rings. The molecule has 0 aliphatic carbocycles. The Balaban J connectivity index is 1.59. The molecule has 24 heavy (non-hydrogen) atoms. The maximum absolute atomic E-state index is 12.2. The van der Waals surface area contributed by atoms with Gasteiger partial charge in [0.2, 0.25) is 0 Å². The van der Waals surface area contributed by atoms with Crippen molar-refractivity contribution in [3.63, 3.8) is 0 Å². The molecule has 0 aliphatic heterocycles.